The molecule has 1 saturated carbocycles. The molecular weight excluding hydrogens is 228 g/mol. The van der Waals surface area contributed by atoms with Gasteiger partial charge in [-0.2, -0.15) is 0 Å². The van der Waals surface area contributed by atoms with Gasteiger partial charge in [0.25, 0.3) is 0 Å². The minimum absolute atomic E-state index is 0.377. The molecule has 1 rings (SSSR count). The minimum Gasteiger partial charge on any atom is -0.480 e. The highest BCUT2D eigenvalue weighted by Crippen LogP contribution is 2.34. The van der Waals surface area contributed by atoms with E-state index >= 15 is 0 Å². The van der Waals surface area contributed by atoms with Crippen molar-refractivity contribution in [2.24, 2.45) is 5.92 Å². The van der Waals surface area contributed by atoms with Gasteiger partial charge in [-0.15, -0.1) is 0 Å². The van der Waals surface area contributed by atoms with E-state index in [0.29, 0.717) is 24.4 Å². The molecule has 4 nitrogen and oxygen atoms in total. The van der Waals surface area contributed by atoms with Crippen LogP contribution in [0, 0.1) is 5.92 Å². The molecule has 0 aromatic rings. The lowest BCUT2D eigenvalue weighted by Crippen LogP contribution is -2.50. The average molecular weight is 256 g/mol. The van der Waals surface area contributed by atoms with Gasteiger partial charge in [-0.1, -0.05) is 13.8 Å². The van der Waals surface area contributed by atoms with Crippen LogP contribution < -0.4 is 5.32 Å². The number of nitrogens with zero attached hydrogens (tertiary/aromatic N) is 1. The molecule has 0 amide bonds. The van der Waals surface area contributed by atoms with Crippen molar-refractivity contribution < 1.29 is 9.90 Å². The standard InChI is InChI=1S/C14H28N2O2/c1-10(2)8-11(3)16(5)12-6-7-14(9-12,15-4)13(17)18/h10-12,15H,6-9H2,1-5H3,(H,17,18). The smallest absolute Gasteiger partial charge is 0.323 e. The van der Waals surface area contributed by atoms with Crippen LogP contribution in [0.2, 0.25) is 0 Å². The second-order valence-corrected chi connectivity index (χ2v) is 6.18. The number of carboxylic acid groups (broad SMARTS) is 1. The maximum absolute atomic E-state index is 11.4. The molecule has 0 aliphatic heterocycles. The fourth-order valence-electron chi connectivity index (χ4n) is 3.10. The normalized spacial score (nSPS) is 30.1. The lowest BCUT2D eigenvalue weighted by molar-refractivity contribution is -0.144. The summed E-state index contributed by atoms with van der Waals surface area (Å²) >= 11 is 0. The molecule has 0 aromatic heterocycles. The summed E-state index contributed by atoms with van der Waals surface area (Å²) in [4.78, 5) is 13.8. The number of nitrogens with one attached hydrogen (secondary N) is 1. The highest BCUT2D eigenvalue weighted by atomic mass is 16.4. The second-order valence-electron chi connectivity index (χ2n) is 6.18. The minimum atomic E-state index is -0.712. The zero-order valence-corrected chi connectivity index (χ0v) is 12.4. The van der Waals surface area contributed by atoms with E-state index < -0.39 is 11.5 Å². The van der Waals surface area contributed by atoms with E-state index in [2.05, 4.69) is 38.0 Å². The van der Waals surface area contributed by atoms with E-state index in [0.717, 1.165) is 19.3 Å². The molecule has 4 heteroatoms. The topological polar surface area (TPSA) is 52.6 Å². The van der Waals surface area contributed by atoms with Gasteiger partial charge in [-0.25, -0.2) is 0 Å². The van der Waals surface area contributed by atoms with Crippen molar-refractivity contribution in [3.8, 4) is 0 Å². The molecular formula is C14H28N2O2. The van der Waals surface area contributed by atoms with Gasteiger partial charge in [-0.3, -0.25) is 4.79 Å². The number of hydrogen-bond acceptors (Lipinski definition) is 3. The van der Waals surface area contributed by atoms with Crippen molar-refractivity contribution in [3.05, 3.63) is 0 Å². The third-order valence-electron chi connectivity index (χ3n) is 4.46. The molecule has 106 valence electrons. The maximum Gasteiger partial charge on any atom is 0.323 e. The zero-order valence-electron chi connectivity index (χ0n) is 12.4. The SMILES string of the molecule is CNC1(C(=O)O)CCC(N(C)C(C)CC(C)C)C1. The number of carbonyl (C=O) groups is 1. The van der Waals surface area contributed by atoms with Crippen LogP contribution in [0.4, 0.5) is 0 Å². The molecule has 1 fully saturated rings. The van der Waals surface area contributed by atoms with E-state index in [-0.39, 0.29) is 0 Å². The summed E-state index contributed by atoms with van der Waals surface area (Å²) in [6.45, 7) is 6.70. The van der Waals surface area contributed by atoms with Crippen LogP contribution in [0.3, 0.4) is 0 Å². The van der Waals surface area contributed by atoms with E-state index in [1.165, 1.54) is 0 Å². The van der Waals surface area contributed by atoms with Crippen molar-refractivity contribution in [1.82, 2.24) is 10.2 Å². The summed E-state index contributed by atoms with van der Waals surface area (Å²) in [7, 11) is 3.89. The van der Waals surface area contributed by atoms with Crippen LogP contribution in [0.1, 0.15) is 46.5 Å². The maximum atomic E-state index is 11.4. The van der Waals surface area contributed by atoms with E-state index in [1.807, 2.05) is 0 Å². The Morgan fingerprint density at radius 1 is 1.50 bits per heavy atom. The molecule has 3 atom stereocenters. The Hall–Kier alpha value is -0.610. The molecule has 0 spiro atoms. The van der Waals surface area contributed by atoms with Gasteiger partial charge < -0.3 is 15.3 Å². The fraction of sp³-hybridized carbons (Fsp3) is 0.929. The molecule has 0 heterocycles. The Bertz CT molecular complexity index is 294. The number of hydrogen-bond donors (Lipinski definition) is 2. The monoisotopic (exact) mass is 256 g/mol. The van der Waals surface area contributed by atoms with Gasteiger partial charge in [0, 0.05) is 12.1 Å². The number of likely N-dealkylation sites (N-methyl/N-ethyl adjacent to an activating group) is 1. The Labute approximate surface area is 111 Å². The molecule has 0 bridgehead atoms. The lowest BCUT2D eigenvalue weighted by atomic mass is 9.97. The second kappa shape index (κ2) is 6.02. The van der Waals surface area contributed by atoms with Crippen molar-refractivity contribution in [2.45, 2.75) is 64.1 Å². The summed E-state index contributed by atoms with van der Waals surface area (Å²) < 4.78 is 0. The van der Waals surface area contributed by atoms with Crippen LogP contribution in [0.15, 0.2) is 0 Å². The largest absolute Gasteiger partial charge is 0.480 e. The van der Waals surface area contributed by atoms with Gasteiger partial charge in [0.05, 0.1) is 0 Å². The Kier molecular flexibility index (Phi) is 5.17. The summed E-state index contributed by atoms with van der Waals surface area (Å²) in [6.07, 6.45) is 3.55. The summed E-state index contributed by atoms with van der Waals surface area (Å²) in [6, 6.07) is 0.888. The highest BCUT2D eigenvalue weighted by molar-refractivity contribution is 5.79. The summed E-state index contributed by atoms with van der Waals surface area (Å²) in [5.41, 5.74) is -0.712. The molecule has 18 heavy (non-hydrogen) atoms. The predicted molar refractivity (Wildman–Crippen MR) is 73.7 cm³/mol. The van der Waals surface area contributed by atoms with E-state index in [9.17, 15) is 9.90 Å². The Morgan fingerprint density at radius 3 is 2.50 bits per heavy atom. The molecule has 2 N–H and O–H groups in total. The van der Waals surface area contributed by atoms with Crippen molar-refractivity contribution >= 4 is 5.97 Å². The third kappa shape index (κ3) is 3.23. The van der Waals surface area contributed by atoms with Crippen molar-refractivity contribution in [3.63, 3.8) is 0 Å². The summed E-state index contributed by atoms with van der Waals surface area (Å²) in [5.74, 6) is -0.0326. The lowest BCUT2D eigenvalue weighted by Gasteiger charge is -2.33. The number of carboxylic acids is 1. The van der Waals surface area contributed by atoms with Crippen LogP contribution in [0.25, 0.3) is 0 Å². The molecule has 0 radical (unpaired) electrons. The quantitative estimate of drug-likeness (QED) is 0.762. The molecule has 1 aliphatic carbocycles. The third-order valence-corrected chi connectivity index (χ3v) is 4.46. The van der Waals surface area contributed by atoms with Crippen molar-refractivity contribution in [2.75, 3.05) is 14.1 Å². The Balaban J connectivity index is 2.63. The van der Waals surface area contributed by atoms with E-state index in [4.69, 9.17) is 0 Å². The van der Waals surface area contributed by atoms with Gasteiger partial charge in [0.15, 0.2) is 0 Å². The average Bonchev–Trinajstić information content (AvgIpc) is 2.72. The molecule has 0 saturated heterocycles. The first-order valence-corrected chi connectivity index (χ1v) is 6.96. The highest BCUT2D eigenvalue weighted by Gasteiger charge is 2.45. The first-order valence-electron chi connectivity index (χ1n) is 6.96. The fourth-order valence-corrected chi connectivity index (χ4v) is 3.10. The molecule has 1 aliphatic rings. The van der Waals surface area contributed by atoms with E-state index in [1.54, 1.807) is 7.05 Å². The summed E-state index contributed by atoms with van der Waals surface area (Å²) in [5, 5.41) is 12.4. The number of aliphatic carboxylic acids is 1. The van der Waals surface area contributed by atoms with Crippen LogP contribution in [0.5, 0.6) is 0 Å². The van der Waals surface area contributed by atoms with Crippen LogP contribution in [-0.2, 0) is 4.79 Å². The zero-order chi connectivity index (χ0) is 13.9. The first-order chi connectivity index (χ1) is 8.32. The molecule has 3 unspecified atom stereocenters. The molecule has 0 aromatic carbocycles. The van der Waals surface area contributed by atoms with Gasteiger partial charge >= 0.3 is 5.97 Å². The van der Waals surface area contributed by atoms with Gasteiger partial charge in [0.2, 0.25) is 0 Å². The van der Waals surface area contributed by atoms with Crippen molar-refractivity contribution in [1.29, 1.82) is 0 Å². The first kappa shape index (κ1) is 15.4. The Morgan fingerprint density at radius 2 is 2.11 bits per heavy atom. The van der Waals surface area contributed by atoms with Crippen LogP contribution in [-0.4, -0.2) is 47.7 Å². The number of rotatable bonds is 6. The van der Waals surface area contributed by atoms with Crippen LogP contribution >= 0.6 is 0 Å². The predicted octanol–water partition coefficient (Wildman–Crippen LogP) is 1.95. The van der Waals surface area contributed by atoms with Gasteiger partial charge in [-0.05, 0) is 52.6 Å². The van der Waals surface area contributed by atoms with Gasteiger partial charge in [0.1, 0.15) is 5.54 Å².